The molecule has 2 saturated carbocycles. The van der Waals surface area contributed by atoms with E-state index in [4.69, 9.17) is 57.2 Å². The first-order valence-electron chi connectivity index (χ1n) is 24.4. The van der Waals surface area contributed by atoms with Crippen LogP contribution < -0.4 is 39.7 Å². The molecule has 4 N–H and O–H groups in total. The standard InChI is InChI=1S/C26H28ClN7O4.C23H24ClN7O4/c1-26(2)37-14-18(38-26)13-36-21-9-16(5-7-28-21)30-25(35)34-22-6-8-32(22)20-10-19(27)23(31-24(20)34)15-11-29-33(12-15)17-3-4-17;24-17-8-18-22(28-21(17)13-9-26-30(10-13)15-1-2-15)31(20-4-6-29(18)20)23(34)27-14-3-5-25-19(7-14)35-12-16(33)11-32/h5,7,9-12,17-18,22H,3-4,6,8,13-14H2,1-2H3,(H,28,30,35);3,5,7-10,15-16,20,32-33H,1-2,4,6,11-12H2,(H,25,27,34)/t18-,22+;16-,20-/m10/s1. The summed E-state index contributed by atoms with van der Waals surface area (Å²) < 4.78 is 26.5. The molecule has 24 heteroatoms. The lowest BCUT2D eigenvalue weighted by atomic mass is 10.1. The number of pyridine rings is 4. The van der Waals surface area contributed by atoms with Gasteiger partial charge in [-0.3, -0.25) is 19.2 Å². The molecule has 0 unspecified atom stereocenters. The lowest BCUT2D eigenvalue weighted by molar-refractivity contribution is -0.141. The number of urea groups is 2. The molecule has 6 aromatic rings. The number of fused-ring (bicyclic) bond motifs is 6. The summed E-state index contributed by atoms with van der Waals surface area (Å²) in [5, 5.41) is 34.3. The number of hydrogen-bond donors (Lipinski definition) is 4. The number of hydrogen-bond acceptors (Lipinski definition) is 16. The van der Waals surface area contributed by atoms with E-state index in [0.717, 1.165) is 74.1 Å². The summed E-state index contributed by atoms with van der Waals surface area (Å²) in [6.07, 6.45) is 15.4. The van der Waals surface area contributed by atoms with E-state index in [1.165, 1.54) is 6.20 Å². The Balaban J connectivity index is 0.000000149. The molecule has 2 aliphatic carbocycles. The average molecular weight is 1040 g/mol. The van der Waals surface area contributed by atoms with Crippen LogP contribution in [0.3, 0.4) is 0 Å². The van der Waals surface area contributed by atoms with Crippen LogP contribution in [0.25, 0.3) is 22.5 Å². The van der Waals surface area contributed by atoms with E-state index >= 15 is 0 Å². The predicted molar refractivity (Wildman–Crippen MR) is 269 cm³/mol. The van der Waals surface area contributed by atoms with Crippen LogP contribution in [0.5, 0.6) is 11.8 Å². The Morgan fingerprint density at radius 1 is 0.767 bits per heavy atom. The van der Waals surface area contributed by atoms with Gasteiger partial charge in [0.25, 0.3) is 0 Å². The first-order chi connectivity index (χ1) is 35.4. The van der Waals surface area contributed by atoms with Crippen LogP contribution in [0, 0.1) is 0 Å². The number of nitrogens with zero attached hydrogens (tertiary/aromatic N) is 12. The van der Waals surface area contributed by atoms with Gasteiger partial charge >= 0.3 is 12.1 Å². The van der Waals surface area contributed by atoms with Crippen LogP contribution in [0.1, 0.15) is 64.5 Å². The summed E-state index contributed by atoms with van der Waals surface area (Å²) in [4.78, 5) is 52.6. The fourth-order valence-corrected chi connectivity index (χ4v) is 9.98. The molecular weight excluding hydrogens is 984 g/mol. The van der Waals surface area contributed by atoms with Crippen LogP contribution in [-0.2, 0) is 9.47 Å². The van der Waals surface area contributed by atoms with Gasteiger partial charge in [0.05, 0.1) is 70.5 Å². The molecule has 4 amide bonds. The number of rotatable bonds is 13. The van der Waals surface area contributed by atoms with Crippen LogP contribution in [0.2, 0.25) is 10.0 Å². The van der Waals surface area contributed by atoms with Crippen molar-refractivity contribution in [1.29, 1.82) is 0 Å². The Labute approximate surface area is 428 Å². The number of aliphatic hydroxyl groups excluding tert-OH is 2. The van der Waals surface area contributed by atoms with Gasteiger partial charge in [-0.2, -0.15) is 10.2 Å². The van der Waals surface area contributed by atoms with Gasteiger partial charge in [0.15, 0.2) is 17.4 Å². The molecule has 4 atom stereocenters. The molecule has 7 aliphatic rings. The van der Waals surface area contributed by atoms with Gasteiger partial charge < -0.3 is 49.6 Å². The second-order valence-electron chi connectivity index (χ2n) is 19.4. The Hall–Kier alpha value is -6.82. The molecule has 0 bridgehead atoms. The number of carbonyl (C=O) groups excluding carboxylic acids is 2. The highest BCUT2D eigenvalue weighted by molar-refractivity contribution is 6.34. The highest BCUT2D eigenvalue weighted by Crippen LogP contribution is 2.49. The highest BCUT2D eigenvalue weighted by atomic mass is 35.5. The van der Waals surface area contributed by atoms with E-state index in [9.17, 15) is 14.7 Å². The lowest BCUT2D eigenvalue weighted by Crippen LogP contribution is -2.56. The van der Waals surface area contributed by atoms with Gasteiger partial charge in [-0.15, -0.1) is 0 Å². The summed E-state index contributed by atoms with van der Waals surface area (Å²) in [5.74, 6) is 1.15. The van der Waals surface area contributed by atoms with Crippen LogP contribution in [0.15, 0.2) is 73.6 Å². The zero-order chi connectivity index (χ0) is 50.1. The molecular formula is C49H52Cl2N14O8. The third kappa shape index (κ3) is 9.42. The number of ether oxygens (including phenoxy) is 4. The zero-order valence-electron chi connectivity index (χ0n) is 39.8. The van der Waals surface area contributed by atoms with Crippen molar-refractivity contribution in [1.82, 2.24) is 39.5 Å². The second-order valence-corrected chi connectivity index (χ2v) is 20.2. The van der Waals surface area contributed by atoms with E-state index in [1.54, 1.807) is 52.7 Å². The van der Waals surface area contributed by atoms with E-state index in [-0.39, 0.29) is 43.0 Å². The molecule has 13 rings (SSSR count). The lowest BCUT2D eigenvalue weighted by Gasteiger charge is -2.39. The van der Waals surface area contributed by atoms with Crippen molar-refractivity contribution in [3.8, 4) is 34.3 Å². The molecule has 5 aliphatic heterocycles. The molecule has 11 heterocycles. The topological polar surface area (TPSA) is 236 Å². The maximum atomic E-state index is 13.6. The third-order valence-electron chi connectivity index (χ3n) is 13.6. The Morgan fingerprint density at radius 3 is 1.71 bits per heavy atom. The normalized spacial score (nSPS) is 21.2. The molecule has 0 spiro atoms. The third-order valence-corrected chi connectivity index (χ3v) is 14.2. The molecule has 6 aromatic heterocycles. The van der Waals surface area contributed by atoms with Crippen molar-refractivity contribution < 1.29 is 38.7 Å². The minimum absolute atomic E-state index is 0.0987. The summed E-state index contributed by atoms with van der Waals surface area (Å²) in [7, 11) is 0. The van der Waals surface area contributed by atoms with Crippen molar-refractivity contribution in [2.45, 2.75) is 94.8 Å². The Morgan fingerprint density at radius 2 is 1.27 bits per heavy atom. The van der Waals surface area contributed by atoms with Gasteiger partial charge in [-0.1, -0.05) is 23.2 Å². The second kappa shape index (κ2) is 18.9. The summed E-state index contributed by atoms with van der Waals surface area (Å²) in [6, 6.07) is 10.7. The molecule has 73 heavy (non-hydrogen) atoms. The number of halogens is 2. The van der Waals surface area contributed by atoms with Crippen molar-refractivity contribution >= 4 is 69.6 Å². The number of anilines is 6. The maximum Gasteiger partial charge on any atom is 0.329 e. The molecule has 22 nitrogen and oxygen atoms in total. The van der Waals surface area contributed by atoms with Gasteiger partial charge in [0, 0.05) is 85.4 Å². The van der Waals surface area contributed by atoms with E-state index < -0.39 is 18.5 Å². The average Bonchev–Trinajstić information content (AvgIpc) is 4.21. The monoisotopic (exact) mass is 1030 g/mol. The zero-order valence-corrected chi connectivity index (χ0v) is 41.4. The molecule has 0 aromatic carbocycles. The highest BCUT2D eigenvalue weighted by Gasteiger charge is 2.48. The number of carbonyl (C=O) groups is 2. The quantitative estimate of drug-likeness (QED) is 0.0903. The molecule has 3 saturated heterocycles. The Bertz CT molecular complexity index is 3090. The number of amides is 4. The SMILES string of the molecule is CC1(C)OC[C@@H](COc2cc(NC(=O)N3c4nc(-c5cnn(C6CC6)c5)c(Cl)cc4N4CC[C@@H]43)ccn2)O1.O=C(Nc1ccnc(OC[C@@H](O)CO)c1)N1c2nc(-c3cnn(C4CC4)c3)c(Cl)cc2N2CC[C@@H]21. The van der Waals surface area contributed by atoms with E-state index in [2.05, 4.69) is 40.6 Å². The fourth-order valence-electron chi connectivity index (χ4n) is 9.47. The molecule has 5 fully saturated rings. The minimum Gasteiger partial charge on any atom is -0.475 e. The number of aromatic nitrogens is 8. The van der Waals surface area contributed by atoms with Crippen molar-refractivity contribution in [3.63, 3.8) is 0 Å². The van der Waals surface area contributed by atoms with Gasteiger partial charge in [-0.25, -0.2) is 29.5 Å². The first kappa shape index (κ1) is 47.2. The minimum atomic E-state index is -1.01. The van der Waals surface area contributed by atoms with Gasteiger partial charge in [0.2, 0.25) is 11.8 Å². The molecule has 380 valence electrons. The van der Waals surface area contributed by atoms with Crippen LogP contribution >= 0.6 is 23.2 Å². The summed E-state index contributed by atoms with van der Waals surface area (Å²) in [6.45, 7) is 5.63. The maximum absolute atomic E-state index is 13.6. The number of nitrogens with one attached hydrogen (secondary N) is 2. The first-order valence-corrected chi connectivity index (χ1v) is 25.1. The van der Waals surface area contributed by atoms with Gasteiger partial charge in [-0.05, 0) is 63.8 Å². The fraction of sp³-hybridized carbons (Fsp3) is 0.429. The van der Waals surface area contributed by atoms with E-state index in [1.807, 2.05) is 47.7 Å². The molecule has 0 radical (unpaired) electrons. The van der Waals surface area contributed by atoms with Crippen molar-refractivity contribution in [3.05, 3.63) is 83.6 Å². The predicted octanol–water partition coefficient (Wildman–Crippen LogP) is 7.10. The summed E-state index contributed by atoms with van der Waals surface area (Å²) >= 11 is 13.3. The van der Waals surface area contributed by atoms with E-state index in [0.29, 0.717) is 75.6 Å². The summed E-state index contributed by atoms with van der Waals surface area (Å²) in [5.41, 5.74) is 5.63. The van der Waals surface area contributed by atoms with Crippen LogP contribution in [-0.4, -0.2) is 132 Å². The van der Waals surface area contributed by atoms with Crippen LogP contribution in [0.4, 0.5) is 44.0 Å². The van der Waals surface area contributed by atoms with Gasteiger partial charge in [0.1, 0.15) is 37.8 Å². The van der Waals surface area contributed by atoms with Crippen molar-refractivity contribution in [2.75, 3.05) is 69.8 Å². The Kier molecular flexibility index (Phi) is 12.2. The number of aliphatic hydroxyl groups is 2. The smallest absolute Gasteiger partial charge is 0.329 e. The largest absolute Gasteiger partial charge is 0.475 e. The van der Waals surface area contributed by atoms with Crippen molar-refractivity contribution in [2.24, 2.45) is 0 Å².